The average Bonchev–Trinajstić information content (AvgIpc) is 3.17. The highest BCUT2D eigenvalue weighted by atomic mass is 19.1. The molecule has 3 rings (SSSR count). The Bertz CT molecular complexity index is 798. The van der Waals surface area contributed by atoms with E-state index in [1.54, 1.807) is 19.4 Å². The van der Waals surface area contributed by atoms with E-state index in [2.05, 4.69) is 21.7 Å². The largest absolute Gasteiger partial charge is 0.496 e. The summed E-state index contributed by atoms with van der Waals surface area (Å²) < 4.78 is 19.4. The van der Waals surface area contributed by atoms with Crippen LogP contribution in [0.3, 0.4) is 0 Å². The van der Waals surface area contributed by atoms with Crippen molar-refractivity contribution < 1.29 is 9.13 Å². The molecular formula is C21H28FN5O. The first-order chi connectivity index (χ1) is 13.7. The molecule has 1 fully saturated rings. The van der Waals surface area contributed by atoms with Gasteiger partial charge in [0.2, 0.25) is 0 Å². The maximum Gasteiger partial charge on any atom is 0.191 e. The number of benzene rings is 1. The van der Waals surface area contributed by atoms with Crippen molar-refractivity contribution >= 4 is 11.8 Å². The molecule has 150 valence electrons. The normalized spacial score (nSPS) is 16.9. The van der Waals surface area contributed by atoms with Gasteiger partial charge in [0.1, 0.15) is 5.75 Å². The van der Waals surface area contributed by atoms with Crippen LogP contribution in [0.25, 0.3) is 0 Å². The van der Waals surface area contributed by atoms with Gasteiger partial charge >= 0.3 is 0 Å². The second-order valence-electron chi connectivity index (χ2n) is 6.71. The number of anilines is 1. The van der Waals surface area contributed by atoms with Gasteiger partial charge in [-0.25, -0.2) is 9.37 Å². The van der Waals surface area contributed by atoms with Crippen molar-refractivity contribution in [1.82, 2.24) is 15.6 Å². The lowest BCUT2D eigenvalue weighted by Crippen LogP contribution is -2.44. The zero-order valence-corrected chi connectivity index (χ0v) is 16.5. The van der Waals surface area contributed by atoms with E-state index < -0.39 is 0 Å². The van der Waals surface area contributed by atoms with Crippen molar-refractivity contribution in [2.45, 2.75) is 25.8 Å². The van der Waals surface area contributed by atoms with Crippen molar-refractivity contribution in [3.05, 3.63) is 54.0 Å². The monoisotopic (exact) mass is 385 g/mol. The smallest absolute Gasteiger partial charge is 0.191 e. The molecule has 0 radical (unpaired) electrons. The predicted octanol–water partition coefficient (Wildman–Crippen LogP) is 2.61. The molecule has 1 aromatic heterocycles. The molecule has 6 nitrogen and oxygen atoms in total. The zero-order valence-electron chi connectivity index (χ0n) is 16.5. The van der Waals surface area contributed by atoms with E-state index in [0.29, 0.717) is 18.9 Å². The van der Waals surface area contributed by atoms with Gasteiger partial charge in [0, 0.05) is 38.4 Å². The number of hydrogen-bond acceptors (Lipinski definition) is 4. The number of nitrogens with one attached hydrogen (secondary N) is 2. The summed E-state index contributed by atoms with van der Waals surface area (Å²) in [5, 5.41) is 6.76. The van der Waals surface area contributed by atoms with E-state index in [1.807, 2.05) is 30.0 Å². The van der Waals surface area contributed by atoms with Gasteiger partial charge in [-0.15, -0.1) is 0 Å². The van der Waals surface area contributed by atoms with Crippen molar-refractivity contribution in [2.75, 3.05) is 38.2 Å². The van der Waals surface area contributed by atoms with Crippen molar-refractivity contribution in [1.29, 1.82) is 0 Å². The van der Waals surface area contributed by atoms with Gasteiger partial charge in [-0.3, -0.25) is 4.99 Å². The third-order valence-corrected chi connectivity index (χ3v) is 4.76. The van der Waals surface area contributed by atoms with E-state index in [4.69, 9.17) is 9.73 Å². The molecule has 1 unspecified atom stereocenters. The molecule has 1 aliphatic rings. The molecule has 1 aromatic carbocycles. The fourth-order valence-electron chi connectivity index (χ4n) is 3.39. The first-order valence-electron chi connectivity index (χ1n) is 9.73. The standard InChI is InChI=1S/C21H28FN5O/c1-3-23-21(25-13-10-16-7-4-5-9-19(16)28-2)26-17-11-14-27(15-17)20-18(22)8-6-12-24-20/h4-9,12,17H,3,10-11,13-15H2,1-2H3,(H2,23,25,26). The van der Waals surface area contributed by atoms with Gasteiger partial charge < -0.3 is 20.3 Å². The molecule has 0 bridgehead atoms. The van der Waals surface area contributed by atoms with Crippen LogP contribution in [0.1, 0.15) is 18.9 Å². The number of aliphatic imine (C=N–C) groups is 1. The Labute approximate surface area is 165 Å². The van der Waals surface area contributed by atoms with Gasteiger partial charge in [-0.1, -0.05) is 18.2 Å². The van der Waals surface area contributed by atoms with Gasteiger partial charge in [-0.05, 0) is 43.5 Å². The Morgan fingerprint density at radius 3 is 2.96 bits per heavy atom. The SMILES string of the molecule is CCNC(=NCCc1ccccc1OC)NC1CCN(c2ncccc2F)C1. The maximum atomic E-state index is 14.0. The van der Waals surface area contributed by atoms with E-state index in [1.165, 1.54) is 6.07 Å². The van der Waals surface area contributed by atoms with Crippen LogP contribution < -0.4 is 20.3 Å². The third kappa shape index (κ3) is 5.12. The van der Waals surface area contributed by atoms with Crippen LogP contribution >= 0.6 is 0 Å². The fourth-order valence-corrected chi connectivity index (χ4v) is 3.39. The molecule has 2 heterocycles. The highest BCUT2D eigenvalue weighted by molar-refractivity contribution is 5.80. The number of halogens is 1. The molecule has 2 aromatic rings. The number of guanidine groups is 1. The lowest BCUT2D eigenvalue weighted by atomic mass is 10.1. The molecule has 1 aliphatic heterocycles. The molecule has 1 saturated heterocycles. The van der Waals surface area contributed by atoms with Gasteiger partial charge in [-0.2, -0.15) is 0 Å². The van der Waals surface area contributed by atoms with Gasteiger partial charge in [0.25, 0.3) is 0 Å². The molecular weight excluding hydrogens is 357 g/mol. The highest BCUT2D eigenvalue weighted by Crippen LogP contribution is 2.21. The maximum absolute atomic E-state index is 14.0. The lowest BCUT2D eigenvalue weighted by molar-refractivity contribution is 0.410. The fraction of sp³-hybridized carbons (Fsp3) is 0.429. The van der Waals surface area contributed by atoms with Crippen LogP contribution in [0.15, 0.2) is 47.6 Å². The minimum Gasteiger partial charge on any atom is -0.496 e. The second-order valence-corrected chi connectivity index (χ2v) is 6.71. The van der Waals surface area contributed by atoms with Crippen LogP contribution in [-0.2, 0) is 6.42 Å². The Balaban J connectivity index is 1.57. The van der Waals surface area contributed by atoms with E-state index in [0.717, 1.165) is 43.2 Å². The van der Waals surface area contributed by atoms with Crippen LogP contribution in [-0.4, -0.2) is 50.3 Å². The van der Waals surface area contributed by atoms with E-state index in [9.17, 15) is 4.39 Å². The first kappa shape index (κ1) is 19.9. The van der Waals surface area contributed by atoms with Gasteiger partial charge in [0.15, 0.2) is 17.6 Å². The summed E-state index contributed by atoms with van der Waals surface area (Å²) in [5.41, 5.74) is 1.14. The third-order valence-electron chi connectivity index (χ3n) is 4.76. The predicted molar refractivity (Wildman–Crippen MR) is 111 cm³/mol. The minimum absolute atomic E-state index is 0.200. The van der Waals surface area contributed by atoms with Gasteiger partial charge in [0.05, 0.1) is 7.11 Å². The van der Waals surface area contributed by atoms with Crippen LogP contribution in [0.2, 0.25) is 0 Å². The summed E-state index contributed by atoms with van der Waals surface area (Å²) in [7, 11) is 1.68. The molecule has 0 spiro atoms. The van der Waals surface area contributed by atoms with E-state index in [-0.39, 0.29) is 11.9 Å². The van der Waals surface area contributed by atoms with Crippen LogP contribution in [0.4, 0.5) is 10.2 Å². The summed E-state index contributed by atoms with van der Waals surface area (Å²) in [5.74, 6) is 1.82. The van der Waals surface area contributed by atoms with Crippen LogP contribution in [0.5, 0.6) is 5.75 Å². The molecule has 0 amide bonds. The number of aromatic nitrogens is 1. The number of pyridine rings is 1. The number of methoxy groups -OCH3 is 1. The van der Waals surface area contributed by atoms with Crippen molar-refractivity contribution in [3.8, 4) is 5.75 Å². The summed E-state index contributed by atoms with van der Waals surface area (Å²) in [6, 6.07) is 11.3. The van der Waals surface area contributed by atoms with Crippen LogP contribution in [0, 0.1) is 5.82 Å². The summed E-state index contributed by atoms with van der Waals surface area (Å²) in [6.07, 6.45) is 3.34. The Morgan fingerprint density at radius 2 is 2.18 bits per heavy atom. The summed E-state index contributed by atoms with van der Waals surface area (Å²) >= 11 is 0. The Morgan fingerprint density at radius 1 is 1.32 bits per heavy atom. The Kier molecular flexibility index (Phi) is 7.06. The molecule has 0 aliphatic carbocycles. The van der Waals surface area contributed by atoms with Crippen molar-refractivity contribution in [2.24, 2.45) is 4.99 Å². The molecule has 28 heavy (non-hydrogen) atoms. The number of rotatable bonds is 7. The molecule has 1 atom stereocenters. The Hall–Kier alpha value is -2.83. The summed E-state index contributed by atoms with van der Waals surface area (Å²) in [6.45, 7) is 4.95. The number of hydrogen-bond donors (Lipinski definition) is 2. The van der Waals surface area contributed by atoms with Crippen molar-refractivity contribution in [3.63, 3.8) is 0 Å². The molecule has 2 N–H and O–H groups in total. The molecule has 7 heteroatoms. The highest BCUT2D eigenvalue weighted by Gasteiger charge is 2.25. The van der Waals surface area contributed by atoms with E-state index >= 15 is 0 Å². The summed E-state index contributed by atoms with van der Waals surface area (Å²) in [4.78, 5) is 10.8. The number of nitrogens with zero attached hydrogens (tertiary/aromatic N) is 3. The lowest BCUT2D eigenvalue weighted by Gasteiger charge is -2.20. The minimum atomic E-state index is -0.277. The zero-order chi connectivity index (χ0) is 19.8. The topological polar surface area (TPSA) is 61.8 Å². The molecule has 0 saturated carbocycles. The quantitative estimate of drug-likeness (QED) is 0.567. The second kappa shape index (κ2) is 9.92. The number of ether oxygens (including phenoxy) is 1. The average molecular weight is 385 g/mol. The first-order valence-corrected chi connectivity index (χ1v) is 9.73. The number of para-hydroxylation sites is 1.